The van der Waals surface area contributed by atoms with Crippen LogP contribution in [0.3, 0.4) is 0 Å². The number of sulfonamides is 1. The molecule has 27 heavy (non-hydrogen) atoms. The molecule has 0 spiro atoms. The normalized spacial score (nSPS) is 11.5. The van der Waals surface area contributed by atoms with Gasteiger partial charge in [-0.1, -0.05) is 40.9 Å². The molecule has 0 aliphatic heterocycles. The summed E-state index contributed by atoms with van der Waals surface area (Å²) in [4.78, 5) is 12.1. The number of carbonyl (C=O) groups is 1. The first-order valence-corrected chi connectivity index (χ1v) is 10.2. The molecule has 0 unspecified atom stereocenters. The van der Waals surface area contributed by atoms with E-state index in [2.05, 4.69) is 5.32 Å². The van der Waals surface area contributed by atoms with Crippen LogP contribution in [-0.4, -0.2) is 39.3 Å². The van der Waals surface area contributed by atoms with Crippen molar-refractivity contribution in [1.29, 1.82) is 0 Å². The SMILES string of the molecule is COc1ccc(S(=O)(=O)N(C)CC(=O)NCc2ccc(Cl)cc2Cl)cc1Cl. The van der Waals surface area contributed by atoms with Crippen LogP contribution in [0, 0.1) is 0 Å². The first-order valence-electron chi connectivity index (χ1n) is 7.65. The number of likely N-dealkylation sites (N-methyl/N-ethyl adjacent to an activating group) is 1. The lowest BCUT2D eigenvalue weighted by molar-refractivity contribution is -0.121. The summed E-state index contributed by atoms with van der Waals surface area (Å²) in [7, 11) is -1.15. The number of benzene rings is 2. The highest BCUT2D eigenvalue weighted by atomic mass is 35.5. The molecule has 0 atom stereocenters. The Hall–Kier alpha value is -1.51. The Kier molecular flexibility index (Phi) is 7.36. The molecule has 0 aliphatic rings. The second kappa shape index (κ2) is 9.12. The van der Waals surface area contributed by atoms with Crippen molar-refractivity contribution in [1.82, 2.24) is 9.62 Å². The number of amides is 1. The lowest BCUT2D eigenvalue weighted by atomic mass is 10.2. The summed E-state index contributed by atoms with van der Waals surface area (Å²) in [6.07, 6.45) is 0. The van der Waals surface area contributed by atoms with Crippen LogP contribution in [0.1, 0.15) is 5.56 Å². The van der Waals surface area contributed by atoms with Crippen molar-refractivity contribution >= 4 is 50.7 Å². The highest BCUT2D eigenvalue weighted by Crippen LogP contribution is 2.28. The third-order valence-electron chi connectivity index (χ3n) is 3.69. The third kappa shape index (κ3) is 5.49. The minimum Gasteiger partial charge on any atom is -0.495 e. The van der Waals surface area contributed by atoms with Crippen LogP contribution in [0.2, 0.25) is 15.1 Å². The lowest BCUT2D eigenvalue weighted by Crippen LogP contribution is -2.38. The molecule has 0 radical (unpaired) electrons. The number of hydrogen-bond donors (Lipinski definition) is 1. The number of ether oxygens (including phenoxy) is 1. The quantitative estimate of drug-likeness (QED) is 0.698. The average Bonchev–Trinajstić information content (AvgIpc) is 2.60. The van der Waals surface area contributed by atoms with Gasteiger partial charge in [0.05, 0.1) is 23.6 Å². The molecule has 1 N–H and O–H groups in total. The van der Waals surface area contributed by atoms with Gasteiger partial charge in [0.2, 0.25) is 15.9 Å². The standard InChI is InChI=1S/C17H17Cl3N2O4S/c1-22(27(24,25)13-5-6-16(26-2)15(20)8-13)10-17(23)21-9-11-3-4-12(18)7-14(11)19/h3-8H,9-10H2,1-2H3,(H,21,23). The first kappa shape index (κ1) is 21.8. The number of halogens is 3. The Labute approximate surface area is 173 Å². The van der Waals surface area contributed by atoms with E-state index in [-0.39, 0.29) is 23.0 Å². The Morgan fingerprint density at radius 2 is 1.81 bits per heavy atom. The van der Waals surface area contributed by atoms with Crippen molar-refractivity contribution < 1.29 is 17.9 Å². The van der Waals surface area contributed by atoms with Gasteiger partial charge in [-0.05, 0) is 35.9 Å². The summed E-state index contributed by atoms with van der Waals surface area (Å²) in [5, 5.41) is 3.68. The molecule has 0 fully saturated rings. The maximum atomic E-state index is 12.6. The second-order valence-corrected chi connectivity index (χ2v) is 8.87. The van der Waals surface area contributed by atoms with E-state index in [0.29, 0.717) is 21.4 Å². The number of hydrogen-bond acceptors (Lipinski definition) is 4. The van der Waals surface area contributed by atoms with Gasteiger partial charge in [-0.3, -0.25) is 4.79 Å². The van der Waals surface area contributed by atoms with E-state index in [1.54, 1.807) is 18.2 Å². The van der Waals surface area contributed by atoms with Gasteiger partial charge in [-0.15, -0.1) is 0 Å². The topological polar surface area (TPSA) is 75.7 Å². The van der Waals surface area contributed by atoms with Crippen molar-refractivity contribution in [2.45, 2.75) is 11.4 Å². The summed E-state index contributed by atoms with van der Waals surface area (Å²) in [6, 6.07) is 8.99. The van der Waals surface area contributed by atoms with E-state index in [4.69, 9.17) is 39.5 Å². The average molecular weight is 452 g/mol. The van der Waals surface area contributed by atoms with Gasteiger partial charge in [-0.2, -0.15) is 4.31 Å². The highest BCUT2D eigenvalue weighted by molar-refractivity contribution is 7.89. The summed E-state index contributed by atoms with van der Waals surface area (Å²) in [5.41, 5.74) is 0.668. The Morgan fingerprint density at radius 1 is 1.11 bits per heavy atom. The molecule has 0 aromatic heterocycles. The predicted molar refractivity (Wildman–Crippen MR) is 106 cm³/mol. The molecule has 0 saturated carbocycles. The fourth-order valence-corrected chi connectivity index (χ4v) is 4.14. The summed E-state index contributed by atoms with van der Waals surface area (Å²) in [5.74, 6) is -0.123. The smallest absolute Gasteiger partial charge is 0.243 e. The molecular formula is C17H17Cl3N2O4S. The molecule has 2 rings (SSSR count). The van der Waals surface area contributed by atoms with Gasteiger partial charge in [0.25, 0.3) is 0 Å². The fourth-order valence-electron chi connectivity index (χ4n) is 2.19. The monoisotopic (exact) mass is 450 g/mol. The van der Waals surface area contributed by atoms with Crippen LogP contribution >= 0.6 is 34.8 Å². The van der Waals surface area contributed by atoms with Crippen molar-refractivity contribution in [2.24, 2.45) is 0 Å². The predicted octanol–water partition coefficient (Wildman–Crippen LogP) is 3.59. The summed E-state index contributed by atoms with van der Waals surface area (Å²) < 4.78 is 31.1. The lowest BCUT2D eigenvalue weighted by Gasteiger charge is -2.17. The first-order chi connectivity index (χ1) is 12.6. The van der Waals surface area contributed by atoms with E-state index in [0.717, 1.165) is 4.31 Å². The molecule has 6 nitrogen and oxygen atoms in total. The van der Waals surface area contributed by atoms with Crippen LogP contribution in [0.25, 0.3) is 0 Å². The minimum absolute atomic E-state index is 0.0376. The molecule has 2 aromatic rings. The van der Waals surface area contributed by atoms with Gasteiger partial charge in [0.1, 0.15) is 5.75 Å². The minimum atomic E-state index is -3.89. The maximum absolute atomic E-state index is 12.6. The van der Waals surface area contributed by atoms with Crippen molar-refractivity contribution in [2.75, 3.05) is 20.7 Å². The van der Waals surface area contributed by atoms with E-state index in [1.807, 2.05) is 0 Å². The zero-order valence-electron chi connectivity index (χ0n) is 14.5. The summed E-state index contributed by atoms with van der Waals surface area (Å²) >= 11 is 17.9. The van der Waals surface area contributed by atoms with Crippen molar-refractivity contribution in [3.63, 3.8) is 0 Å². The van der Waals surface area contributed by atoms with Crippen LogP contribution in [0.15, 0.2) is 41.3 Å². The van der Waals surface area contributed by atoms with Crippen LogP contribution in [0.5, 0.6) is 5.75 Å². The maximum Gasteiger partial charge on any atom is 0.243 e. The Bertz CT molecular complexity index is 951. The molecular weight excluding hydrogens is 435 g/mol. The largest absolute Gasteiger partial charge is 0.495 e. The van der Waals surface area contributed by atoms with Gasteiger partial charge >= 0.3 is 0 Å². The Morgan fingerprint density at radius 3 is 2.41 bits per heavy atom. The fraction of sp³-hybridized carbons (Fsp3) is 0.235. The molecule has 0 heterocycles. The molecule has 146 valence electrons. The van der Waals surface area contributed by atoms with Gasteiger partial charge < -0.3 is 10.1 Å². The Balaban J connectivity index is 2.03. The van der Waals surface area contributed by atoms with E-state index < -0.39 is 15.9 Å². The van der Waals surface area contributed by atoms with Gasteiger partial charge in [-0.25, -0.2) is 8.42 Å². The molecule has 10 heteroatoms. The number of nitrogens with one attached hydrogen (secondary N) is 1. The zero-order valence-corrected chi connectivity index (χ0v) is 17.6. The van der Waals surface area contributed by atoms with Crippen LogP contribution < -0.4 is 10.1 Å². The van der Waals surface area contributed by atoms with Crippen LogP contribution in [0.4, 0.5) is 0 Å². The van der Waals surface area contributed by atoms with Crippen molar-refractivity contribution in [3.05, 3.63) is 57.0 Å². The number of carbonyl (C=O) groups excluding carboxylic acids is 1. The summed E-state index contributed by atoms with van der Waals surface area (Å²) in [6.45, 7) is -0.214. The third-order valence-corrected chi connectivity index (χ3v) is 6.37. The van der Waals surface area contributed by atoms with E-state index in [9.17, 15) is 13.2 Å². The van der Waals surface area contributed by atoms with E-state index in [1.165, 1.54) is 32.4 Å². The molecule has 1 amide bonds. The number of nitrogens with zero attached hydrogens (tertiary/aromatic N) is 1. The molecule has 0 aliphatic carbocycles. The second-order valence-electron chi connectivity index (χ2n) is 5.57. The molecule has 0 bridgehead atoms. The van der Waals surface area contributed by atoms with E-state index >= 15 is 0 Å². The van der Waals surface area contributed by atoms with Gasteiger partial charge in [0, 0.05) is 23.6 Å². The number of methoxy groups -OCH3 is 1. The molecule has 2 aromatic carbocycles. The van der Waals surface area contributed by atoms with Crippen LogP contribution in [-0.2, 0) is 21.4 Å². The van der Waals surface area contributed by atoms with Crippen molar-refractivity contribution in [3.8, 4) is 5.75 Å². The van der Waals surface area contributed by atoms with Gasteiger partial charge in [0.15, 0.2) is 0 Å². The zero-order chi connectivity index (χ0) is 20.2. The molecule has 0 saturated heterocycles. The highest BCUT2D eigenvalue weighted by Gasteiger charge is 2.24. The number of rotatable bonds is 7.